The maximum Gasteiger partial charge on any atom is 0.323 e. The monoisotopic (exact) mass is 205 g/mol. The minimum absolute atomic E-state index is 0.0587. The molecule has 1 heterocycles. The van der Waals surface area contributed by atoms with Crippen LogP contribution in [-0.4, -0.2) is 24.2 Å². The zero-order chi connectivity index (χ0) is 10.7. The molecule has 4 heteroatoms. The molecule has 0 spiro atoms. The maximum atomic E-state index is 10.7. The molecule has 2 rings (SSSR count). The summed E-state index contributed by atoms with van der Waals surface area (Å²) >= 11 is 0. The van der Waals surface area contributed by atoms with Crippen molar-refractivity contribution >= 4 is 11.7 Å². The summed E-state index contributed by atoms with van der Waals surface area (Å²) in [5.41, 5.74) is 0.786. The van der Waals surface area contributed by atoms with Crippen LogP contribution < -0.4 is 9.64 Å². The molecule has 0 aromatic heterocycles. The summed E-state index contributed by atoms with van der Waals surface area (Å²) in [6.07, 6.45) is 3.53. The van der Waals surface area contributed by atoms with Crippen molar-refractivity contribution in [3.05, 3.63) is 36.5 Å². The lowest BCUT2D eigenvalue weighted by molar-refractivity contribution is -0.135. The number of carboxylic acid groups (broad SMARTS) is 1. The zero-order valence-corrected chi connectivity index (χ0v) is 8.09. The highest BCUT2D eigenvalue weighted by Crippen LogP contribution is 2.29. The van der Waals surface area contributed by atoms with E-state index in [1.54, 1.807) is 17.2 Å². The van der Waals surface area contributed by atoms with Gasteiger partial charge in [0.2, 0.25) is 0 Å². The molecule has 0 saturated heterocycles. The summed E-state index contributed by atoms with van der Waals surface area (Å²) in [5, 5.41) is 8.77. The van der Waals surface area contributed by atoms with Crippen LogP contribution in [0.15, 0.2) is 36.5 Å². The second kappa shape index (κ2) is 4.04. The molecule has 0 fully saturated rings. The van der Waals surface area contributed by atoms with Gasteiger partial charge in [-0.3, -0.25) is 4.79 Å². The first-order chi connectivity index (χ1) is 7.27. The van der Waals surface area contributed by atoms with Crippen molar-refractivity contribution < 1.29 is 14.6 Å². The average molecular weight is 205 g/mol. The standard InChI is InChI=1S/C11H11NO3/c13-11(14)8-12-6-3-7-15-10-5-2-1-4-9(10)12/h1-6H,7-8H2,(H,13,14). The van der Waals surface area contributed by atoms with Crippen LogP contribution in [0, 0.1) is 0 Å². The number of anilines is 1. The normalized spacial score (nSPS) is 14.0. The number of benzene rings is 1. The van der Waals surface area contributed by atoms with Gasteiger partial charge in [0, 0.05) is 6.20 Å². The molecule has 0 aliphatic carbocycles. The van der Waals surface area contributed by atoms with Crippen molar-refractivity contribution in [1.29, 1.82) is 0 Å². The number of hydrogen-bond donors (Lipinski definition) is 1. The largest absolute Gasteiger partial charge is 0.487 e. The molecule has 0 atom stereocenters. The van der Waals surface area contributed by atoms with Crippen LogP contribution in [0.2, 0.25) is 0 Å². The Bertz CT molecular complexity index is 401. The highest BCUT2D eigenvalue weighted by atomic mass is 16.5. The Hall–Kier alpha value is -1.97. The van der Waals surface area contributed by atoms with E-state index in [0.29, 0.717) is 12.4 Å². The van der Waals surface area contributed by atoms with Crippen LogP contribution in [0.1, 0.15) is 0 Å². The summed E-state index contributed by atoms with van der Waals surface area (Å²) in [6, 6.07) is 7.39. The third-order valence-corrected chi connectivity index (χ3v) is 2.10. The first kappa shape index (κ1) is 9.58. The number of ether oxygens (including phenoxy) is 1. The smallest absolute Gasteiger partial charge is 0.323 e. The fourth-order valence-corrected chi connectivity index (χ4v) is 1.49. The number of nitrogens with zero attached hydrogens (tertiary/aromatic N) is 1. The Kier molecular flexibility index (Phi) is 2.58. The number of aliphatic carboxylic acids is 1. The zero-order valence-electron chi connectivity index (χ0n) is 8.09. The van der Waals surface area contributed by atoms with Gasteiger partial charge in [-0.25, -0.2) is 0 Å². The number of carboxylic acids is 1. The van der Waals surface area contributed by atoms with Crippen LogP contribution in [0.4, 0.5) is 5.69 Å². The van der Waals surface area contributed by atoms with Gasteiger partial charge in [-0.2, -0.15) is 0 Å². The van der Waals surface area contributed by atoms with Crippen molar-refractivity contribution in [2.24, 2.45) is 0 Å². The van der Waals surface area contributed by atoms with Crippen molar-refractivity contribution in [2.45, 2.75) is 0 Å². The van der Waals surface area contributed by atoms with Crippen molar-refractivity contribution in [2.75, 3.05) is 18.1 Å². The Labute approximate surface area is 87.4 Å². The van der Waals surface area contributed by atoms with E-state index in [-0.39, 0.29) is 6.54 Å². The van der Waals surface area contributed by atoms with E-state index in [2.05, 4.69) is 0 Å². The Morgan fingerprint density at radius 1 is 1.47 bits per heavy atom. The molecule has 0 amide bonds. The third kappa shape index (κ3) is 2.10. The molecule has 0 saturated carbocycles. The van der Waals surface area contributed by atoms with Gasteiger partial charge in [-0.15, -0.1) is 0 Å². The van der Waals surface area contributed by atoms with Gasteiger partial charge in [0.15, 0.2) is 0 Å². The Morgan fingerprint density at radius 2 is 2.27 bits per heavy atom. The van der Waals surface area contributed by atoms with E-state index >= 15 is 0 Å². The van der Waals surface area contributed by atoms with Gasteiger partial charge in [0.25, 0.3) is 0 Å². The molecular formula is C11H11NO3. The molecule has 0 unspecified atom stereocenters. The summed E-state index contributed by atoms with van der Waals surface area (Å²) < 4.78 is 5.44. The average Bonchev–Trinajstić information content (AvgIpc) is 2.41. The molecule has 1 N–H and O–H groups in total. The van der Waals surface area contributed by atoms with Gasteiger partial charge < -0.3 is 14.7 Å². The minimum Gasteiger partial charge on any atom is -0.487 e. The summed E-state index contributed by atoms with van der Waals surface area (Å²) in [6.45, 7) is 0.407. The van der Waals surface area contributed by atoms with E-state index in [0.717, 1.165) is 5.69 Å². The summed E-state index contributed by atoms with van der Waals surface area (Å²) in [5.74, 6) is -0.153. The number of rotatable bonds is 2. The lowest BCUT2D eigenvalue weighted by Gasteiger charge is -2.18. The summed E-state index contributed by atoms with van der Waals surface area (Å²) in [7, 11) is 0. The molecule has 1 aromatic rings. The Balaban J connectivity index is 2.34. The van der Waals surface area contributed by atoms with Crippen LogP contribution in [0.5, 0.6) is 5.75 Å². The molecule has 0 bridgehead atoms. The minimum atomic E-state index is -0.864. The summed E-state index contributed by atoms with van der Waals surface area (Å²) in [4.78, 5) is 12.3. The second-order valence-electron chi connectivity index (χ2n) is 3.19. The topological polar surface area (TPSA) is 49.8 Å². The van der Waals surface area contributed by atoms with E-state index in [4.69, 9.17) is 9.84 Å². The van der Waals surface area contributed by atoms with Crippen LogP contribution in [0.3, 0.4) is 0 Å². The highest BCUT2D eigenvalue weighted by molar-refractivity contribution is 5.76. The van der Waals surface area contributed by atoms with Crippen molar-refractivity contribution in [1.82, 2.24) is 0 Å². The van der Waals surface area contributed by atoms with Crippen molar-refractivity contribution in [3.63, 3.8) is 0 Å². The predicted molar refractivity (Wildman–Crippen MR) is 56.1 cm³/mol. The quantitative estimate of drug-likeness (QED) is 0.794. The molecular weight excluding hydrogens is 194 g/mol. The second-order valence-corrected chi connectivity index (χ2v) is 3.19. The maximum absolute atomic E-state index is 10.7. The fraction of sp³-hybridized carbons (Fsp3) is 0.182. The van der Waals surface area contributed by atoms with Gasteiger partial charge in [0.1, 0.15) is 18.9 Å². The molecule has 4 nitrogen and oxygen atoms in total. The van der Waals surface area contributed by atoms with E-state index in [9.17, 15) is 4.79 Å². The molecule has 0 radical (unpaired) electrons. The number of carbonyl (C=O) groups is 1. The first-order valence-corrected chi connectivity index (χ1v) is 4.64. The van der Waals surface area contributed by atoms with Crippen molar-refractivity contribution in [3.8, 4) is 5.75 Å². The molecule has 1 aliphatic heterocycles. The predicted octanol–water partition coefficient (Wildman–Crippen LogP) is 1.48. The van der Waals surface area contributed by atoms with E-state index in [1.807, 2.05) is 24.3 Å². The van der Waals surface area contributed by atoms with Gasteiger partial charge in [0.05, 0.1) is 5.69 Å². The lowest BCUT2D eigenvalue weighted by atomic mass is 10.2. The van der Waals surface area contributed by atoms with Gasteiger partial charge in [-0.1, -0.05) is 12.1 Å². The van der Waals surface area contributed by atoms with Gasteiger partial charge in [-0.05, 0) is 18.2 Å². The number of para-hydroxylation sites is 2. The van der Waals surface area contributed by atoms with Crippen LogP contribution >= 0.6 is 0 Å². The SMILES string of the molecule is O=C(O)CN1C=CCOc2ccccc21. The molecule has 15 heavy (non-hydrogen) atoms. The lowest BCUT2D eigenvalue weighted by Crippen LogP contribution is -2.23. The first-order valence-electron chi connectivity index (χ1n) is 4.64. The van der Waals surface area contributed by atoms with E-state index in [1.165, 1.54) is 0 Å². The molecule has 78 valence electrons. The van der Waals surface area contributed by atoms with Crippen LogP contribution in [-0.2, 0) is 4.79 Å². The molecule has 1 aromatic carbocycles. The van der Waals surface area contributed by atoms with E-state index < -0.39 is 5.97 Å². The highest BCUT2D eigenvalue weighted by Gasteiger charge is 2.14. The van der Waals surface area contributed by atoms with Gasteiger partial charge >= 0.3 is 5.97 Å². The molecule has 1 aliphatic rings. The Morgan fingerprint density at radius 3 is 3.07 bits per heavy atom. The fourth-order valence-electron chi connectivity index (χ4n) is 1.49. The van der Waals surface area contributed by atoms with Crippen LogP contribution in [0.25, 0.3) is 0 Å². The third-order valence-electron chi connectivity index (χ3n) is 2.10. The number of hydrogen-bond acceptors (Lipinski definition) is 3. The number of fused-ring (bicyclic) bond motifs is 1.